The van der Waals surface area contributed by atoms with Gasteiger partial charge in [-0.1, -0.05) is 12.1 Å². The number of thioether (sulfide) groups is 1. The number of para-hydroxylation sites is 2. The van der Waals surface area contributed by atoms with E-state index in [-0.39, 0.29) is 0 Å². The maximum absolute atomic E-state index is 5.48. The Balaban J connectivity index is 2.11. The molecule has 0 amide bonds. The third-order valence-corrected chi connectivity index (χ3v) is 2.49. The molecule has 0 aliphatic heterocycles. The lowest BCUT2D eigenvalue weighted by Gasteiger charge is -1.97. The van der Waals surface area contributed by atoms with E-state index in [1.807, 2.05) is 24.3 Å². The molecule has 0 atom stereocenters. The molecular weight excluding hydrogens is 196 g/mol. The number of fused-ring (bicyclic) bond motifs is 1. The standard InChI is InChI=1S/C10H12N2OS/c1-14-7-6-11-10-12-8-4-2-3-5-9(8)13-10/h2-5H,6-7H2,1H3,(H,11,12). The number of nitrogens with zero attached hydrogens (tertiary/aromatic N) is 1. The Morgan fingerprint density at radius 2 is 2.29 bits per heavy atom. The minimum Gasteiger partial charge on any atom is -0.424 e. The zero-order valence-corrected chi connectivity index (χ0v) is 8.80. The largest absolute Gasteiger partial charge is 0.424 e. The first-order valence-electron chi connectivity index (χ1n) is 4.48. The number of aromatic nitrogens is 1. The molecule has 0 fully saturated rings. The van der Waals surface area contributed by atoms with E-state index in [1.165, 1.54) is 0 Å². The predicted molar refractivity (Wildman–Crippen MR) is 60.9 cm³/mol. The van der Waals surface area contributed by atoms with Crippen LogP contribution in [0, 0.1) is 0 Å². The molecule has 1 aromatic heterocycles. The number of hydrogen-bond donors (Lipinski definition) is 1. The summed E-state index contributed by atoms with van der Waals surface area (Å²) in [5, 5.41) is 3.14. The third-order valence-electron chi connectivity index (χ3n) is 1.88. The summed E-state index contributed by atoms with van der Waals surface area (Å²) < 4.78 is 5.48. The maximum atomic E-state index is 5.48. The molecule has 74 valence electrons. The van der Waals surface area contributed by atoms with Gasteiger partial charge in [0.15, 0.2) is 5.58 Å². The van der Waals surface area contributed by atoms with Crippen LogP contribution < -0.4 is 5.32 Å². The van der Waals surface area contributed by atoms with Crippen LogP contribution in [0.2, 0.25) is 0 Å². The van der Waals surface area contributed by atoms with E-state index >= 15 is 0 Å². The summed E-state index contributed by atoms with van der Waals surface area (Å²) in [5.74, 6) is 1.05. The summed E-state index contributed by atoms with van der Waals surface area (Å²) in [6.07, 6.45) is 2.08. The summed E-state index contributed by atoms with van der Waals surface area (Å²) in [7, 11) is 0. The molecule has 0 unspecified atom stereocenters. The average molecular weight is 208 g/mol. The van der Waals surface area contributed by atoms with Crippen LogP contribution in [0.4, 0.5) is 6.01 Å². The fourth-order valence-corrected chi connectivity index (χ4v) is 1.51. The van der Waals surface area contributed by atoms with Crippen LogP contribution in [0.25, 0.3) is 11.1 Å². The number of anilines is 1. The minimum absolute atomic E-state index is 0.611. The van der Waals surface area contributed by atoms with Gasteiger partial charge in [-0.25, -0.2) is 0 Å². The van der Waals surface area contributed by atoms with Crippen molar-refractivity contribution in [2.24, 2.45) is 0 Å². The lowest BCUT2D eigenvalue weighted by molar-refractivity contribution is 0.617. The van der Waals surface area contributed by atoms with Gasteiger partial charge in [-0.15, -0.1) is 0 Å². The molecule has 0 saturated carbocycles. The van der Waals surface area contributed by atoms with Gasteiger partial charge < -0.3 is 9.73 Å². The Hall–Kier alpha value is -1.16. The second kappa shape index (κ2) is 4.37. The highest BCUT2D eigenvalue weighted by Gasteiger charge is 2.02. The quantitative estimate of drug-likeness (QED) is 0.784. The van der Waals surface area contributed by atoms with Gasteiger partial charge in [-0.3, -0.25) is 0 Å². The van der Waals surface area contributed by atoms with Crippen molar-refractivity contribution < 1.29 is 4.42 Å². The van der Waals surface area contributed by atoms with Gasteiger partial charge in [-0.2, -0.15) is 16.7 Å². The SMILES string of the molecule is CSCCNc1nc2ccccc2o1. The van der Waals surface area contributed by atoms with Crippen LogP contribution in [-0.2, 0) is 0 Å². The van der Waals surface area contributed by atoms with Gasteiger partial charge >= 0.3 is 0 Å². The molecule has 2 aromatic rings. The number of oxazole rings is 1. The lowest BCUT2D eigenvalue weighted by Crippen LogP contribution is -2.03. The van der Waals surface area contributed by atoms with Crippen molar-refractivity contribution in [2.75, 3.05) is 23.9 Å². The fraction of sp³-hybridized carbons (Fsp3) is 0.300. The van der Waals surface area contributed by atoms with Crippen molar-refractivity contribution in [3.05, 3.63) is 24.3 Å². The van der Waals surface area contributed by atoms with E-state index in [1.54, 1.807) is 11.8 Å². The first-order chi connectivity index (χ1) is 6.90. The van der Waals surface area contributed by atoms with Crippen molar-refractivity contribution in [3.8, 4) is 0 Å². The predicted octanol–water partition coefficient (Wildman–Crippen LogP) is 2.60. The highest BCUT2D eigenvalue weighted by molar-refractivity contribution is 7.98. The summed E-state index contributed by atoms with van der Waals surface area (Å²) in [5.41, 5.74) is 1.73. The smallest absolute Gasteiger partial charge is 0.295 e. The van der Waals surface area contributed by atoms with Gasteiger partial charge in [0.2, 0.25) is 0 Å². The summed E-state index contributed by atoms with van der Waals surface area (Å²) in [4.78, 5) is 4.30. The van der Waals surface area contributed by atoms with Gasteiger partial charge in [0.1, 0.15) is 5.52 Å². The van der Waals surface area contributed by atoms with Crippen molar-refractivity contribution >= 4 is 28.9 Å². The molecule has 3 nitrogen and oxygen atoms in total. The zero-order chi connectivity index (χ0) is 9.80. The fourth-order valence-electron chi connectivity index (χ4n) is 1.21. The first-order valence-corrected chi connectivity index (χ1v) is 5.88. The molecule has 1 aromatic carbocycles. The van der Waals surface area contributed by atoms with Gasteiger partial charge in [0.05, 0.1) is 0 Å². The monoisotopic (exact) mass is 208 g/mol. The number of hydrogen-bond acceptors (Lipinski definition) is 4. The van der Waals surface area contributed by atoms with Gasteiger partial charge in [0.25, 0.3) is 6.01 Å². The average Bonchev–Trinajstić information content (AvgIpc) is 2.60. The molecule has 0 bridgehead atoms. The highest BCUT2D eigenvalue weighted by Crippen LogP contribution is 2.17. The van der Waals surface area contributed by atoms with Gasteiger partial charge in [-0.05, 0) is 18.4 Å². The Morgan fingerprint density at radius 3 is 3.07 bits per heavy atom. The normalized spacial score (nSPS) is 10.6. The molecular formula is C10H12N2OS. The molecule has 2 rings (SSSR count). The molecule has 1 heterocycles. The molecule has 0 aliphatic carbocycles. The van der Waals surface area contributed by atoms with E-state index < -0.39 is 0 Å². The molecule has 14 heavy (non-hydrogen) atoms. The Labute approximate surface area is 86.9 Å². The van der Waals surface area contributed by atoms with Gasteiger partial charge in [0, 0.05) is 12.3 Å². The number of rotatable bonds is 4. The Morgan fingerprint density at radius 1 is 1.43 bits per heavy atom. The molecule has 0 radical (unpaired) electrons. The van der Waals surface area contributed by atoms with Crippen molar-refractivity contribution in [1.29, 1.82) is 0 Å². The van der Waals surface area contributed by atoms with Crippen molar-refractivity contribution in [2.45, 2.75) is 0 Å². The van der Waals surface area contributed by atoms with Crippen LogP contribution in [0.15, 0.2) is 28.7 Å². The molecule has 1 N–H and O–H groups in total. The van der Waals surface area contributed by atoms with E-state index in [9.17, 15) is 0 Å². The van der Waals surface area contributed by atoms with Crippen LogP contribution >= 0.6 is 11.8 Å². The number of benzene rings is 1. The summed E-state index contributed by atoms with van der Waals surface area (Å²) >= 11 is 1.80. The molecule has 0 spiro atoms. The van der Waals surface area contributed by atoms with Crippen LogP contribution in [0.3, 0.4) is 0 Å². The van der Waals surface area contributed by atoms with Crippen LogP contribution in [0.1, 0.15) is 0 Å². The van der Waals surface area contributed by atoms with Crippen LogP contribution in [0.5, 0.6) is 0 Å². The summed E-state index contributed by atoms with van der Waals surface area (Å²) in [6.45, 7) is 0.883. The number of nitrogens with one attached hydrogen (secondary N) is 1. The van der Waals surface area contributed by atoms with Crippen molar-refractivity contribution in [3.63, 3.8) is 0 Å². The Bertz CT molecular complexity index is 380. The van der Waals surface area contributed by atoms with Crippen LogP contribution in [-0.4, -0.2) is 23.5 Å². The second-order valence-electron chi connectivity index (χ2n) is 2.91. The maximum Gasteiger partial charge on any atom is 0.295 e. The zero-order valence-electron chi connectivity index (χ0n) is 7.99. The second-order valence-corrected chi connectivity index (χ2v) is 3.89. The van der Waals surface area contributed by atoms with Crippen molar-refractivity contribution in [1.82, 2.24) is 4.98 Å². The minimum atomic E-state index is 0.611. The molecule has 0 saturated heterocycles. The topological polar surface area (TPSA) is 38.1 Å². The van der Waals surface area contributed by atoms with E-state index in [4.69, 9.17) is 4.42 Å². The first kappa shape index (κ1) is 9.40. The molecule has 0 aliphatic rings. The summed E-state index contributed by atoms with van der Waals surface area (Å²) in [6, 6.07) is 8.37. The molecule has 4 heteroatoms. The van der Waals surface area contributed by atoms with E-state index in [0.29, 0.717) is 6.01 Å². The Kier molecular flexibility index (Phi) is 2.93. The van der Waals surface area contributed by atoms with E-state index in [0.717, 1.165) is 23.4 Å². The third kappa shape index (κ3) is 2.01. The van der Waals surface area contributed by atoms with E-state index in [2.05, 4.69) is 16.6 Å². The highest BCUT2D eigenvalue weighted by atomic mass is 32.2. The lowest BCUT2D eigenvalue weighted by atomic mass is 10.3.